The van der Waals surface area contributed by atoms with Gasteiger partial charge in [-0.1, -0.05) is 27.7 Å². The molecule has 0 spiro atoms. The Morgan fingerprint density at radius 3 is 2.25 bits per heavy atom. The van der Waals surface area contributed by atoms with Crippen LogP contribution in [0.3, 0.4) is 0 Å². The Bertz CT molecular complexity index is 301. The van der Waals surface area contributed by atoms with Gasteiger partial charge in [-0.05, 0) is 31.6 Å². The van der Waals surface area contributed by atoms with Crippen LogP contribution < -0.4 is 5.32 Å². The second-order valence-corrected chi connectivity index (χ2v) is 6.08. The zero-order valence-electron chi connectivity index (χ0n) is 10.8. The fourth-order valence-corrected chi connectivity index (χ4v) is 1.92. The Kier molecular flexibility index (Phi) is 3.62. The normalized spacial score (nSPS) is 30.6. The van der Waals surface area contributed by atoms with Crippen molar-refractivity contribution in [3.05, 3.63) is 0 Å². The van der Waals surface area contributed by atoms with Crippen molar-refractivity contribution < 1.29 is 4.79 Å². The van der Waals surface area contributed by atoms with E-state index in [1.54, 1.807) is 0 Å². The summed E-state index contributed by atoms with van der Waals surface area (Å²) in [5, 5.41) is 12.2. The van der Waals surface area contributed by atoms with E-state index in [1.165, 1.54) is 0 Å². The highest BCUT2D eigenvalue weighted by atomic mass is 16.2. The first-order valence-corrected chi connectivity index (χ1v) is 6.03. The van der Waals surface area contributed by atoms with E-state index in [2.05, 4.69) is 18.3 Å². The molecule has 1 amide bonds. The first kappa shape index (κ1) is 13.0. The van der Waals surface area contributed by atoms with Crippen molar-refractivity contribution in [1.29, 1.82) is 5.26 Å². The molecule has 0 radical (unpaired) electrons. The third-order valence-corrected chi connectivity index (χ3v) is 3.38. The topological polar surface area (TPSA) is 52.9 Å². The molecule has 0 saturated heterocycles. The van der Waals surface area contributed by atoms with Crippen LogP contribution in [0.25, 0.3) is 0 Å². The summed E-state index contributed by atoms with van der Waals surface area (Å²) in [5.41, 5.74) is -1.04. The van der Waals surface area contributed by atoms with E-state index >= 15 is 0 Å². The molecule has 0 aromatic carbocycles. The first-order chi connectivity index (χ1) is 7.29. The summed E-state index contributed by atoms with van der Waals surface area (Å²) in [6.07, 6.45) is 3.62. The van der Waals surface area contributed by atoms with Gasteiger partial charge in [0.25, 0.3) is 0 Å². The largest absolute Gasteiger partial charge is 0.337 e. The molecule has 0 heterocycles. The van der Waals surface area contributed by atoms with Gasteiger partial charge in [-0.15, -0.1) is 0 Å². The molecule has 0 aromatic heterocycles. The molecule has 3 nitrogen and oxygen atoms in total. The number of rotatable bonds is 1. The molecule has 0 aromatic rings. The van der Waals surface area contributed by atoms with Crippen molar-refractivity contribution in [2.45, 2.75) is 58.9 Å². The molecule has 1 aliphatic rings. The standard InChI is InChI=1S/C13H22N2O/c1-10-5-7-13(9-14,8-6-10)15-11(16)12(2,3)4/h10H,5-8H2,1-4H3,(H,15,16). The van der Waals surface area contributed by atoms with Gasteiger partial charge in [-0.2, -0.15) is 5.26 Å². The SMILES string of the molecule is CC1CCC(C#N)(NC(=O)C(C)(C)C)CC1. The van der Waals surface area contributed by atoms with Gasteiger partial charge < -0.3 is 5.32 Å². The van der Waals surface area contributed by atoms with Crippen molar-refractivity contribution in [3.63, 3.8) is 0 Å². The second kappa shape index (κ2) is 4.45. The fourth-order valence-electron chi connectivity index (χ4n) is 1.92. The smallest absolute Gasteiger partial charge is 0.226 e. The number of nitrogens with zero attached hydrogens (tertiary/aromatic N) is 1. The Labute approximate surface area is 98.2 Å². The van der Waals surface area contributed by atoms with E-state index in [0.29, 0.717) is 5.92 Å². The lowest BCUT2D eigenvalue weighted by Crippen LogP contribution is -2.52. The van der Waals surface area contributed by atoms with Crippen molar-refractivity contribution in [3.8, 4) is 6.07 Å². The summed E-state index contributed by atoms with van der Waals surface area (Å²) in [7, 11) is 0. The Morgan fingerprint density at radius 1 is 1.38 bits per heavy atom. The van der Waals surface area contributed by atoms with E-state index in [1.807, 2.05) is 20.8 Å². The minimum atomic E-state index is -0.614. The molecule has 1 fully saturated rings. The Hall–Kier alpha value is -1.04. The molecular formula is C13H22N2O. The van der Waals surface area contributed by atoms with Crippen LogP contribution in [0.1, 0.15) is 53.4 Å². The van der Waals surface area contributed by atoms with Gasteiger partial charge in [0.15, 0.2) is 0 Å². The van der Waals surface area contributed by atoms with E-state index in [9.17, 15) is 10.1 Å². The zero-order chi connectivity index (χ0) is 12.4. The third kappa shape index (κ3) is 2.98. The highest BCUT2D eigenvalue weighted by Crippen LogP contribution is 2.32. The number of carbonyl (C=O) groups excluding carboxylic acids is 1. The predicted molar refractivity (Wildman–Crippen MR) is 63.6 cm³/mol. The molecule has 0 atom stereocenters. The monoisotopic (exact) mass is 222 g/mol. The molecule has 1 N–H and O–H groups in total. The van der Waals surface area contributed by atoms with Gasteiger partial charge in [0.1, 0.15) is 5.54 Å². The number of amides is 1. The Balaban J connectivity index is 2.70. The summed E-state index contributed by atoms with van der Waals surface area (Å²) in [5.74, 6) is 0.650. The summed E-state index contributed by atoms with van der Waals surface area (Å²) >= 11 is 0. The molecule has 16 heavy (non-hydrogen) atoms. The molecule has 1 rings (SSSR count). The number of nitrogens with one attached hydrogen (secondary N) is 1. The number of carbonyl (C=O) groups is 1. The molecule has 1 saturated carbocycles. The molecule has 0 unspecified atom stereocenters. The van der Waals surface area contributed by atoms with Crippen LogP contribution in [-0.2, 0) is 4.79 Å². The summed E-state index contributed by atoms with van der Waals surface area (Å²) in [6, 6.07) is 2.31. The lowest BCUT2D eigenvalue weighted by molar-refractivity contribution is -0.130. The van der Waals surface area contributed by atoms with Crippen LogP contribution in [0.15, 0.2) is 0 Å². The first-order valence-electron chi connectivity index (χ1n) is 6.03. The quantitative estimate of drug-likeness (QED) is 0.741. The minimum Gasteiger partial charge on any atom is -0.337 e. The van der Waals surface area contributed by atoms with Crippen molar-refractivity contribution >= 4 is 5.91 Å². The third-order valence-electron chi connectivity index (χ3n) is 3.38. The molecule has 0 aliphatic heterocycles. The van der Waals surface area contributed by atoms with Gasteiger partial charge in [-0.3, -0.25) is 4.79 Å². The average molecular weight is 222 g/mol. The molecule has 0 bridgehead atoms. The molecule has 3 heteroatoms. The van der Waals surface area contributed by atoms with Crippen molar-refractivity contribution in [1.82, 2.24) is 5.32 Å². The van der Waals surface area contributed by atoms with Gasteiger partial charge in [0.2, 0.25) is 5.91 Å². The molecule has 90 valence electrons. The lowest BCUT2D eigenvalue weighted by atomic mass is 9.77. The fraction of sp³-hybridized carbons (Fsp3) is 0.846. The minimum absolute atomic E-state index is 0.0244. The van der Waals surface area contributed by atoms with E-state index in [0.717, 1.165) is 25.7 Å². The van der Waals surface area contributed by atoms with Gasteiger partial charge in [0, 0.05) is 5.41 Å². The van der Waals surface area contributed by atoms with Gasteiger partial charge in [0.05, 0.1) is 6.07 Å². The highest BCUT2D eigenvalue weighted by Gasteiger charge is 2.37. The zero-order valence-corrected chi connectivity index (χ0v) is 10.8. The van der Waals surface area contributed by atoms with Crippen LogP contribution in [0, 0.1) is 22.7 Å². The highest BCUT2D eigenvalue weighted by molar-refractivity contribution is 5.82. The maximum Gasteiger partial charge on any atom is 0.226 e. The molecular weight excluding hydrogens is 200 g/mol. The predicted octanol–water partition coefficient (Wildman–Crippen LogP) is 2.62. The maximum atomic E-state index is 11.9. The maximum absolute atomic E-state index is 11.9. The lowest BCUT2D eigenvalue weighted by Gasteiger charge is -2.36. The van der Waals surface area contributed by atoms with Crippen LogP contribution >= 0.6 is 0 Å². The van der Waals surface area contributed by atoms with E-state index in [4.69, 9.17) is 0 Å². The van der Waals surface area contributed by atoms with Crippen LogP contribution in [0.2, 0.25) is 0 Å². The second-order valence-electron chi connectivity index (χ2n) is 6.08. The number of hydrogen-bond donors (Lipinski definition) is 1. The summed E-state index contributed by atoms with van der Waals surface area (Å²) in [4.78, 5) is 11.9. The van der Waals surface area contributed by atoms with Crippen molar-refractivity contribution in [2.24, 2.45) is 11.3 Å². The summed E-state index contributed by atoms with van der Waals surface area (Å²) < 4.78 is 0. The summed E-state index contributed by atoms with van der Waals surface area (Å²) in [6.45, 7) is 7.82. The molecule has 1 aliphatic carbocycles. The van der Waals surface area contributed by atoms with Crippen LogP contribution in [-0.4, -0.2) is 11.4 Å². The van der Waals surface area contributed by atoms with Crippen LogP contribution in [0.5, 0.6) is 0 Å². The number of nitriles is 1. The number of hydrogen-bond acceptors (Lipinski definition) is 2. The van der Waals surface area contributed by atoms with Gasteiger partial charge >= 0.3 is 0 Å². The van der Waals surface area contributed by atoms with E-state index in [-0.39, 0.29) is 5.91 Å². The van der Waals surface area contributed by atoms with Crippen LogP contribution in [0.4, 0.5) is 0 Å². The van der Waals surface area contributed by atoms with Crippen molar-refractivity contribution in [2.75, 3.05) is 0 Å². The average Bonchev–Trinajstić information content (AvgIpc) is 2.20. The van der Waals surface area contributed by atoms with Gasteiger partial charge in [-0.25, -0.2) is 0 Å². The Morgan fingerprint density at radius 2 is 1.88 bits per heavy atom. The van der Waals surface area contributed by atoms with E-state index < -0.39 is 11.0 Å².